The number of furan rings is 1. The van der Waals surface area contributed by atoms with Crippen LogP contribution < -0.4 is 0 Å². The molecule has 9 aromatic rings. The maximum absolute atomic E-state index is 6.22. The Morgan fingerprint density at radius 1 is 0.425 bits per heavy atom. The minimum atomic E-state index is 0.885. The molecule has 0 spiro atoms. The lowest BCUT2D eigenvalue weighted by molar-refractivity contribution is 0.668. The van der Waals surface area contributed by atoms with E-state index in [0.717, 1.165) is 37.8 Å². The Balaban J connectivity index is 1.50. The molecule has 0 bridgehead atoms. The van der Waals surface area contributed by atoms with Crippen molar-refractivity contribution in [2.75, 3.05) is 0 Å². The van der Waals surface area contributed by atoms with Gasteiger partial charge in [-0.05, 0) is 60.7 Å². The fourth-order valence-corrected chi connectivity index (χ4v) is 6.83. The molecule has 4 heteroatoms. The molecule has 0 aliphatic rings. The van der Waals surface area contributed by atoms with Gasteiger partial charge >= 0.3 is 0 Å². The summed E-state index contributed by atoms with van der Waals surface area (Å²) in [6.45, 7) is 0. The van der Waals surface area contributed by atoms with Crippen molar-refractivity contribution in [1.82, 2.24) is 9.13 Å². The van der Waals surface area contributed by atoms with E-state index < -0.39 is 0 Å². The van der Waals surface area contributed by atoms with Crippen LogP contribution in [0.3, 0.4) is 0 Å². The normalized spacial score (nSPS) is 12.1. The highest BCUT2D eigenvalue weighted by molar-refractivity contribution is 9.10. The van der Waals surface area contributed by atoms with Crippen molar-refractivity contribution in [3.05, 3.63) is 132 Å². The Bertz CT molecular complexity index is 2440. The van der Waals surface area contributed by atoms with Gasteiger partial charge in [0.2, 0.25) is 0 Å². The largest absolute Gasteiger partial charge is 0.456 e. The molecule has 0 saturated carbocycles. The van der Waals surface area contributed by atoms with E-state index in [4.69, 9.17) is 4.42 Å². The third kappa shape index (κ3) is 2.94. The fourth-order valence-electron chi connectivity index (χ4n) is 6.49. The van der Waals surface area contributed by atoms with Crippen LogP contribution in [0.2, 0.25) is 0 Å². The molecule has 0 amide bonds. The molecule has 0 radical (unpaired) electrons. The van der Waals surface area contributed by atoms with E-state index in [1.165, 1.54) is 43.6 Å². The third-order valence-electron chi connectivity index (χ3n) is 8.16. The molecule has 0 atom stereocenters. The maximum atomic E-state index is 6.22. The zero-order valence-corrected chi connectivity index (χ0v) is 22.9. The average molecular weight is 577 g/mol. The van der Waals surface area contributed by atoms with Gasteiger partial charge in [-0.15, -0.1) is 0 Å². The SMILES string of the molecule is Brc1ccc2c(c1)oc1ccc(-n3c4ccccc4c4ccc5c6ccccc6n(-c6ccccc6)c5c43)cc12. The monoisotopic (exact) mass is 576 g/mol. The van der Waals surface area contributed by atoms with Gasteiger partial charge in [0, 0.05) is 48.2 Å². The smallest absolute Gasteiger partial charge is 0.136 e. The van der Waals surface area contributed by atoms with E-state index in [-0.39, 0.29) is 0 Å². The number of benzene rings is 6. The molecule has 6 aromatic carbocycles. The van der Waals surface area contributed by atoms with Crippen LogP contribution in [0, 0.1) is 0 Å². The summed E-state index contributed by atoms with van der Waals surface area (Å²) in [5.74, 6) is 0. The van der Waals surface area contributed by atoms with Crippen LogP contribution >= 0.6 is 15.9 Å². The van der Waals surface area contributed by atoms with Gasteiger partial charge in [0.05, 0.1) is 22.1 Å². The zero-order valence-electron chi connectivity index (χ0n) is 21.3. The van der Waals surface area contributed by atoms with E-state index in [0.29, 0.717) is 0 Å². The first kappa shape index (κ1) is 22.1. The van der Waals surface area contributed by atoms with Crippen LogP contribution in [0.25, 0.3) is 76.9 Å². The van der Waals surface area contributed by atoms with Gasteiger partial charge in [-0.25, -0.2) is 0 Å². The molecule has 0 aliphatic heterocycles. The van der Waals surface area contributed by atoms with Crippen LogP contribution in [0.5, 0.6) is 0 Å². The topological polar surface area (TPSA) is 23.0 Å². The fraction of sp³-hybridized carbons (Fsp3) is 0. The molecule has 0 fully saturated rings. The minimum absolute atomic E-state index is 0.885. The third-order valence-corrected chi connectivity index (χ3v) is 8.65. The Hall–Kier alpha value is -4.80. The summed E-state index contributed by atoms with van der Waals surface area (Å²) in [5, 5.41) is 7.21. The van der Waals surface area contributed by atoms with E-state index in [1.807, 2.05) is 6.07 Å². The predicted molar refractivity (Wildman–Crippen MR) is 170 cm³/mol. The second-order valence-electron chi connectivity index (χ2n) is 10.3. The molecule has 0 saturated heterocycles. The summed E-state index contributed by atoms with van der Waals surface area (Å²) in [6.07, 6.45) is 0. The molecule has 40 heavy (non-hydrogen) atoms. The minimum Gasteiger partial charge on any atom is -0.456 e. The summed E-state index contributed by atoms with van der Waals surface area (Å²) in [5.41, 5.74) is 8.84. The Morgan fingerprint density at radius 2 is 1.02 bits per heavy atom. The first-order valence-corrected chi connectivity index (χ1v) is 14.2. The van der Waals surface area contributed by atoms with E-state index in [9.17, 15) is 0 Å². The van der Waals surface area contributed by atoms with Gasteiger partial charge in [0.1, 0.15) is 11.2 Å². The number of para-hydroxylation sites is 3. The first-order valence-electron chi connectivity index (χ1n) is 13.4. The lowest BCUT2D eigenvalue weighted by Crippen LogP contribution is -1.98. The summed E-state index contributed by atoms with van der Waals surface area (Å²) in [4.78, 5) is 0. The van der Waals surface area contributed by atoms with Crippen LogP contribution in [0.1, 0.15) is 0 Å². The van der Waals surface area contributed by atoms with E-state index in [1.54, 1.807) is 0 Å². The van der Waals surface area contributed by atoms with E-state index in [2.05, 4.69) is 146 Å². The molecule has 0 aliphatic carbocycles. The van der Waals surface area contributed by atoms with Crippen LogP contribution in [0.15, 0.2) is 136 Å². The highest BCUT2D eigenvalue weighted by Crippen LogP contribution is 2.42. The summed E-state index contributed by atoms with van der Waals surface area (Å²) >= 11 is 3.59. The number of rotatable bonds is 2. The number of hydrogen-bond donors (Lipinski definition) is 0. The second kappa shape index (κ2) is 8.10. The molecule has 0 unspecified atom stereocenters. The Kier molecular flexibility index (Phi) is 4.47. The zero-order chi connectivity index (χ0) is 26.4. The van der Waals surface area contributed by atoms with Gasteiger partial charge in [0.15, 0.2) is 0 Å². The lowest BCUT2D eigenvalue weighted by Gasteiger charge is -2.12. The molecule has 3 nitrogen and oxygen atoms in total. The molecule has 0 N–H and O–H groups in total. The highest BCUT2D eigenvalue weighted by Gasteiger charge is 2.21. The van der Waals surface area contributed by atoms with Crippen molar-refractivity contribution in [3.63, 3.8) is 0 Å². The second-order valence-corrected chi connectivity index (χ2v) is 11.2. The number of hydrogen-bond acceptors (Lipinski definition) is 1. The van der Waals surface area contributed by atoms with Gasteiger partial charge in [-0.2, -0.15) is 0 Å². The van der Waals surface area contributed by atoms with Crippen molar-refractivity contribution >= 4 is 81.5 Å². The van der Waals surface area contributed by atoms with Crippen LogP contribution in [-0.2, 0) is 0 Å². The number of aromatic nitrogens is 2. The number of halogens is 1. The summed E-state index contributed by atoms with van der Waals surface area (Å²) < 4.78 is 12.1. The van der Waals surface area contributed by atoms with Crippen molar-refractivity contribution < 1.29 is 4.42 Å². The Morgan fingerprint density at radius 3 is 1.73 bits per heavy atom. The summed E-state index contributed by atoms with van der Waals surface area (Å²) in [7, 11) is 0. The standard InChI is InChI=1S/C36H21BrN2O/c37-22-14-16-27-30-21-24(15-19-33(30)40-34(27)20-22)39-32-13-7-5-11-26(32)29-18-17-28-25-10-4-6-12-31(25)38(35(28)36(29)39)23-8-2-1-3-9-23/h1-21H. The predicted octanol–water partition coefficient (Wildman–Crippen LogP) is 10.5. The van der Waals surface area contributed by atoms with Crippen LogP contribution in [0.4, 0.5) is 0 Å². The molecule has 188 valence electrons. The van der Waals surface area contributed by atoms with Gasteiger partial charge < -0.3 is 13.6 Å². The van der Waals surface area contributed by atoms with Crippen molar-refractivity contribution in [1.29, 1.82) is 0 Å². The first-order chi connectivity index (χ1) is 19.8. The summed E-state index contributed by atoms with van der Waals surface area (Å²) in [6, 6.07) is 45.5. The highest BCUT2D eigenvalue weighted by atomic mass is 79.9. The van der Waals surface area contributed by atoms with E-state index >= 15 is 0 Å². The van der Waals surface area contributed by atoms with Crippen molar-refractivity contribution in [2.45, 2.75) is 0 Å². The van der Waals surface area contributed by atoms with Crippen molar-refractivity contribution in [3.8, 4) is 11.4 Å². The average Bonchev–Trinajstić information content (AvgIpc) is 3.64. The maximum Gasteiger partial charge on any atom is 0.136 e. The van der Waals surface area contributed by atoms with Crippen molar-refractivity contribution in [2.24, 2.45) is 0 Å². The van der Waals surface area contributed by atoms with Gasteiger partial charge in [-0.3, -0.25) is 0 Å². The lowest BCUT2D eigenvalue weighted by atomic mass is 10.1. The van der Waals surface area contributed by atoms with Gasteiger partial charge in [-0.1, -0.05) is 82.7 Å². The Labute approximate surface area is 237 Å². The number of nitrogens with zero attached hydrogens (tertiary/aromatic N) is 2. The number of fused-ring (bicyclic) bond motifs is 10. The molecule has 3 aromatic heterocycles. The molecular formula is C36H21BrN2O. The quantitative estimate of drug-likeness (QED) is 0.200. The molecule has 3 heterocycles. The van der Waals surface area contributed by atoms with Crippen LogP contribution in [-0.4, -0.2) is 9.13 Å². The molecule has 9 rings (SSSR count). The van der Waals surface area contributed by atoms with Gasteiger partial charge in [0.25, 0.3) is 0 Å². The molecular weight excluding hydrogens is 556 g/mol.